The number of anilines is 1. The predicted molar refractivity (Wildman–Crippen MR) is 113 cm³/mol. The van der Waals surface area contributed by atoms with Crippen LogP contribution in [-0.2, 0) is 0 Å². The quantitative estimate of drug-likeness (QED) is 0.717. The third-order valence-electron chi connectivity index (χ3n) is 4.91. The van der Waals surface area contributed by atoms with Crippen molar-refractivity contribution in [2.75, 3.05) is 39.7 Å². The summed E-state index contributed by atoms with van der Waals surface area (Å²) >= 11 is 3.45. The van der Waals surface area contributed by atoms with Crippen molar-refractivity contribution in [1.29, 1.82) is 0 Å². The SMILES string of the molecule is COc1cc(C(=O)N2CCC(Nc3ccc(Br)cc3)CC2)cc(OC)c1OC. The first-order chi connectivity index (χ1) is 13.5. The minimum Gasteiger partial charge on any atom is -0.493 e. The number of amides is 1. The van der Waals surface area contributed by atoms with E-state index in [1.807, 2.05) is 17.0 Å². The average molecular weight is 449 g/mol. The molecule has 6 nitrogen and oxygen atoms in total. The Morgan fingerprint density at radius 3 is 2.07 bits per heavy atom. The Bertz CT molecular complexity index is 793. The molecule has 0 bridgehead atoms. The van der Waals surface area contributed by atoms with Gasteiger partial charge >= 0.3 is 0 Å². The maximum atomic E-state index is 13.0. The first-order valence-electron chi connectivity index (χ1n) is 9.17. The number of ether oxygens (including phenoxy) is 3. The van der Waals surface area contributed by atoms with Crippen LogP contribution >= 0.6 is 15.9 Å². The van der Waals surface area contributed by atoms with E-state index in [0.29, 0.717) is 41.9 Å². The van der Waals surface area contributed by atoms with Gasteiger partial charge in [-0.2, -0.15) is 0 Å². The van der Waals surface area contributed by atoms with Gasteiger partial charge in [-0.1, -0.05) is 15.9 Å². The van der Waals surface area contributed by atoms with E-state index in [1.54, 1.807) is 33.5 Å². The fourth-order valence-corrected chi connectivity index (χ4v) is 3.66. The van der Waals surface area contributed by atoms with Gasteiger partial charge in [-0.25, -0.2) is 0 Å². The lowest BCUT2D eigenvalue weighted by Crippen LogP contribution is -2.42. The van der Waals surface area contributed by atoms with Crippen LogP contribution in [0.25, 0.3) is 0 Å². The van der Waals surface area contributed by atoms with Crippen molar-refractivity contribution in [3.63, 3.8) is 0 Å². The number of halogens is 1. The zero-order valence-electron chi connectivity index (χ0n) is 16.3. The van der Waals surface area contributed by atoms with Crippen LogP contribution in [0, 0.1) is 0 Å². The Morgan fingerprint density at radius 2 is 1.57 bits per heavy atom. The molecule has 1 heterocycles. The lowest BCUT2D eigenvalue weighted by atomic mass is 10.0. The van der Waals surface area contributed by atoms with Crippen LogP contribution in [0.5, 0.6) is 17.2 Å². The van der Waals surface area contributed by atoms with Crippen LogP contribution in [0.1, 0.15) is 23.2 Å². The van der Waals surface area contributed by atoms with E-state index in [-0.39, 0.29) is 5.91 Å². The molecule has 0 radical (unpaired) electrons. The number of benzene rings is 2. The van der Waals surface area contributed by atoms with Gasteiger partial charge in [0.2, 0.25) is 5.75 Å². The van der Waals surface area contributed by atoms with Gasteiger partial charge in [-0.15, -0.1) is 0 Å². The Balaban J connectivity index is 1.65. The third kappa shape index (κ3) is 4.52. The molecule has 0 atom stereocenters. The maximum Gasteiger partial charge on any atom is 0.254 e. The molecule has 1 aliphatic heterocycles. The van der Waals surface area contributed by atoms with Gasteiger partial charge in [0.15, 0.2) is 11.5 Å². The largest absolute Gasteiger partial charge is 0.493 e. The number of hydrogen-bond acceptors (Lipinski definition) is 5. The zero-order chi connectivity index (χ0) is 20.1. The van der Waals surface area contributed by atoms with Crippen LogP contribution < -0.4 is 19.5 Å². The van der Waals surface area contributed by atoms with E-state index >= 15 is 0 Å². The molecule has 0 spiro atoms. The minimum atomic E-state index is -0.0265. The van der Waals surface area contributed by atoms with Crippen molar-refractivity contribution < 1.29 is 19.0 Å². The van der Waals surface area contributed by atoms with E-state index in [4.69, 9.17) is 14.2 Å². The van der Waals surface area contributed by atoms with Crippen LogP contribution in [0.4, 0.5) is 5.69 Å². The van der Waals surface area contributed by atoms with Crippen LogP contribution in [0.2, 0.25) is 0 Å². The summed E-state index contributed by atoms with van der Waals surface area (Å²) in [7, 11) is 4.64. The second-order valence-electron chi connectivity index (χ2n) is 6.63. The van der Waals surface area contributed by atoms with Gasteiger partial charge in [0.1, 0.15) is 0 Å². The third-order valence-corrected chi connectivity index (χ3v) is 5.44. The average Bonchev–Trinajstić information content (AvgIpc) is 2.74. The summed E-state index contributed by atoms with van der Waals surface area (Å²) in [4.78, 5) is 14.9. The Labute approximate surface area is 173 Å². The summed E-state index contributed by atoms with van der Waals surface area (Å²) in [6.45, 7) is 1.40. The second-order valence-corrected chi connectivity index (χ2v) is 7.55. The molecule has 0 saturated carbocycles. The lowest BCUT2D eigenvalue weighted by Gasteiger charge is -2.33. The number of carbonyl (C=O) groups excluding carboxylic acids is 1. The molecule has 1 aliphatic rings. The first-order valence-corrected chi connectivity index (χ1v) is 9.96. The molecule has 1 N–H and O–H groups in total. The number of carbonyl (C=O) groups is 1. The Kier molecular flexibility index (Phi) is 6.67. The maximum absolute atomic E-state index is 13.0. The normalized spacial score (nSPS) is 14.5. The highest BCUT2D eigenvalue weighted by molar-refractivity contribution is 9.10. The second kappa shape index (κ2) is 9.19. The van der Waals surface area contributed by atoms with Crippen molar-refractivity contribution in [2.24, 2.45) is 0 Å². The molecule has 0 unspecified atom stereocenters. The van der Waals surface area contributed by atoms with Crippen molar-refractivity contribution in [3.05, 3.63) is 46.4 Å². The van der Waals surface area contributed by atoms with E-state index in [9.17, 15) is 4.79 Å². The van der Waals surface area contributed by atoms with Crippen LogP contribution in [0.15, 0.2) is 40.9 Å². The number of hydrogen-bond donors (Lipinski definition) is 1. The molecular formula is C21H25BrN2O4. The topological polar surface area (TPSA) is 60.0 Å². The molecule has 0 aliphatic carbocycles. The van der Waals surface area contributed by atoms with Crippen molar-refractivity contribution >= 4 is 27.5 Å². The molecule has 1 fully saturated rings. The molecule has 3 rings (SSSR count). The molecule has 1 amide bonds. The number of piperidine rings is 1. The van der Waals surface area contributed by atoms with E-state index < -0.39 is 0 Å². The highest BCUT2D eigenvalue weighted by Gasteiger charge is 2.25. The smallest absolute Gasteiger partial charge is 0.254 e. The van der Waals surface area contributed by atoms with E-state index in [0.717, 1.165) is 23.0 Å². The molecule has 0 aromatic heterocycles. The zero-order valence-corrected chi connectivity index (χ0v) is 17.9. The summed E-state index contributed by atoms with van der Waals surface area (Å²) in [5.41, 5.74) is 1.63. The number of rotatable bonds is 6. The van der Waals surface area contributed by atoms with E-state index in [1.165, 1.54) is 0 Å². The van der Waals surface area contributed by atoms with Gasteiger partial charge in [0, 0.05) is 34.9 Å². The van der Waals surface area contributed by atoms with Crippen LogP contribution in [0.3, 0.4) is 0 Å². The lowest BCUT2D eigenvalue weighted by molar-refractivity contribution is 0.0717. The molecule has 28 heavy (non-hydrogen) atoms. The number of nitrogens with zero attached hydrogens (tertiary/aromatic N) is 1. The molecular weight excluding hydrogens is 424 g/mol. The summed E-state index contributed by atoms with van der Waals surface area (Å²) in [5.74, 6) is 1.43. The summed E-state index contributed by atoms with van der Waals surface area (Å²) < 4.78 is 17.1. The minimum absolute atomic E-state index is 0.0265. The Morgan fingerprint density at radius 1 is 1.00 bits per heavy atom. The Hall–Kier alpha value is -2.41. The van der Waals surface area contributed by atoms with Gasteiger partial charge in [0.25, 0.3) is 5.91 Å². The number of nitrogens with one attached hydrogen (secondary N) is 1. The molecule has 7 heteroatoms. The molecule has 150 valence electrons. The van der Waals surface area contributed by atoms with Gasteiger partial charge in [-0.05, 0) is 49.2 Å². The number of methoxy groups -OCH3 is 3. The van der Waals surface area contributed by atoms with Gasteiger partial charge < -0.3 is 24.4 Å². The summed E-state index contributed by atoms with van der Waals surface area (Å²) in [6.07, 6.45) is 1.79. The fraction of sp³-hybridized carbons (Fsp3) is 0.381. The first kappa shape index (κ1) is 20.3. The van der Waals surface area contributed by atoms with E-state index in [2.05, 4.69) is 33.4 Å². The van der Waals surface area contributed by atoms with Crippen molar-refractivity contribution in [2.45, 2.75) is 18.9 Å². The highest BCUT2D eigenvalue weighted by Crippen LogP contribution is 2.38. The standard InChI is InChI=1S/C21H25BrN2O4/c1-26-18-12-14(13-19(27-2)20(18)28-3)21(25)24-10-8-17(9-11-24)23-16-6-4-15(22)5-7-16/h4-7,12-13,17,23H,8-11H2,1-3H3. The van der Waals surface area contributed by atoms with Gasteiger partial charge in [0.05, 0.1) is 21.3 Å². The fourth-order valence-electron chi connectivity index (χ4n) is 3.40. The van der Waals surface area contributed by atoms with Crippen molar-refractivity contribution in [1.82, 2.24) is 4.90 Å². The van der Waals surface area contributed by atoms with Crippen molar-refractivity contribution in [3.8, 4) is 17.2 Å². The molecule has 2 aromatic carbocycles. The predicted octanol–water partition coefficient (Wildman–Crippen LogP) is 4.19. The molecule has 2 aromatic rings. The monoisotopic (exact) mass is 448 g/mol. The number of likely N-dealkylation sites (tertiary alicyclic amines) is 1. The van der Waals surface area contributed by atoms with Crippen LogP contribution in [-0.4, -0.2) is 51.3 Å². The van der Waals surface area contributed by atoms with Gasteiger partial charge in [-0.3, -0.25) is 4.79 Å². The summed E-state index contributed by atoms with van der Waals surface area (Å²) in [5, 5.41) is 3.54. The molecule has 1 saturated heterocycles. The summed E-state index contributed by atoms with van der Waals surface area (Å²) in [6, 6.07) is 11.9. The highest BCUT2D eigenvalue weighted by atomic mass is 79.9.